The van der Waals surface area contributed by atoms with Crippen molar-refractivity contribution in [3.8, 4) is 0 Å². The van der Waals surface area contributed by atoms with Gasteiger partial charge < -0.3 is 5.11 Å². The molecule has 5 heteroatoms. The van der Waals surface area contributed by atoms with Gasteiger partial charge in [0.25, 0.3) is 0 Å². The second-order valence-corrected chi connectivity index (χ2v) is 4.05. The van der Waals surface area contributed by atoms with Gasteiger partial charge >= 0.3 is 6.18 Å². The summed E-state index contributed by atoms with van der Waals surface area (Å²) in [6, 6.07) is 1.90. The molecule has 90 valence electrons. The van der Waals surface area contributed by atoms with Crippen molar-refractivity contribution in [2.45, 2.75) is 32.5 Å². The zero-order chi connectivity index (χ0) is 12.3. The zero-order valence-corrected chi connectivity index (χ0v) is 9.12. The molecule has 1 N–H and O–H groups in total. The number of halogens is 3. The number of rotatable bonds is 3. The minimum absolute atomic E-state index is 0.00339. The van der Waals surface area contributed by atoms with Gasteiger partial charge in [-0.1, -0.05) is 13.8 Å². The molecule has 0 saturated carbocycles. The molecule has 0 aromatic carbocycles. The van der Waals surface area contributed by atoms with Crippen molar-refractivity contribution in [2.24, 2.45) is 5.92 Å². The molecule has 1 rings (SSSR count). The molecule has 1 unspecified atom stereocenters. The van der Waals surface area contributed by atoms with E-state index < -0.39 is 17.8 Å². The maximum absolute atomic E-state index is 12.4. The van der Waals surface area contributed by atoms with Crippen LogP contribution in [0.2, 0.25) is 0 Å². The van der Waals surface area contributed by atoms with Gasteiger partial charge in [0.15, 0.2) is 0 Å². The average Bonchev–Trinajstić information content (AvgIpc) is 2.16. The fraction of sp³-hybridized carbons (Fsp3) is 0.545. The first-order valence-electron chi connectivity index (χ1n) is 5.01. The lowest BCUT2D eigenvalue weighted by atomic mass is 10.0. The van der Waals surface area contributed by atoms with Gasteiger partial charge in [-0.25, -0.2) is 0 Å². The number of alkyl halides is 3. The summed E-state index contributed by atoms with van der Waals surface area (Å²) in [5, 5.41) is 9.55. The Morgan fingerprint density at radius 3 is 2.50 bits per heavy atom. The van der Waals surface area contributed by atoms with E-state index in [0.29, 0.717) is 0 Å². The molecule has 0 radical (unpaired) electrons. The highest BCUT2D eigenvalue weighted by molar-refractivity contribution is 5.19. The number of aromatic nitrogens is 1. The van der Waals surface area contributed by atoms with Gasteiger partial charge in [-0.2, -0.15) is 13.2 Å². The van der Waals surface area contributed by atoms with Gasteiger partial charge in [0.2, 0.25) is 0 Å². The van der Waals surface area contributed by atoms with Crippen LogP contribution in [0.25, 0.3) is 0 Å². The lowest BCUT2D eigenvalue weighted by molar-refractivity contribution is -0.137. The zero-order valence-electron chi connectivity index (χ0n) is 9.12. The maximum atomic E-state index is 12.4. The smallest absolute Gasteiger partial charge is 0.392 e. The predicted octanol–water partition coefficient (Wildman–Crippen LogP) is 2.66. The first kappa shape index (κ1) is 13.0. The number of nitrogens with zero attached hydrogens (tertiary/aromatic N) is 1. The Bertz CT molecular complexity index is 349. The van der Waals surface area contributed by atoms with E-state index in [2.05, 4.69) is 4.98 Å². The highest BCUT2D eigenvalue weighted by Crippen LogP contribution is 2.29. The molecular formula is C11H14F3NO. The van der Waals surface area contributed by atoms with Crippen LogP contribution >= 0.6 is 0 Å². The second kappa shape index (κ2) is 4.82. The summed E-state index contributed by atoms with van der Waals surface area (Å²) in [4.78, 5) is 3.82. The Balaban J connectivity index is 2.83. The minimum Gasteiger partial charge on any atom is -0.392 e. The number of hydrogen-bond donors (Lipinski definition) is 1. The van der Waals surface area contributed by atoms with Gasteiger partial charge in [-0.15, -0.1) is 0 Å². The van der Waals surface area contributed by atoms with Crippen LogP contribution in [0, 0.1) is 5.92 Å². The first-order chi connectivity index (χ1) is 7.30. The van der Waals surface area contributed by atoms with Crippen LogP contribution in [0.1, 0.15) is 25.1 Å². The summed E-state index contributed by atoms with van der Waals surface area (Å²) >= 11 is 0. The van der Waals surface area contributed by atoms with E-state index in [9.17, 15) is 18.3 Å². The third-order valence-electron chi connectivity index (χ3n) is 2.33. The third kappa shape index (κ3) is 3.48. The molecule has 0 fully saturated rings. The fourth-order valence-corrected chi connectivity index (χ4v) is 1.22. The van der Waals surface area contributed by atoms with Crippen LogP contribution in [0.3, 0.4) is 0 Å². The summed E-state index contributed by atoms with van der Waals surface area (Å²) in [5.74, 6) is -0.00339. The number of aliphatic hydroxyl groups is 1. The number of pyridine rings is 1. The van der Waals surface area contributed by atoms with Crippen molar-refractivity contribution in [3.05, 3.63) is 29.6 Å². The van der Waals surface area contributed by atoms with Gasteiger partial charge in [-0.05, 0) is 18.1 Å². The normalized spacial score (nSPS) is 14.2. The highest BCUT2D eigenvalue weighted by Gasteiger charge is 2.30. The van der Waals surface area contributed by atoms with Crippen LogP contribution in [0.4, 0.5) is 13.2 Å². The Hall–Kier alpha value is -1.10. The molecule has 1 aromatic rings. The topological polar surface area (TPSA) is 33.1 Å². The largest absolute Gasteiger partial charge is 0.416 e. The molecule has 1 atom stereocenters. The molecule has 1 aromatic heterocycles. The lowest BCUT2D eigenvalue weighted by Crippen LogP contribution is -2.18. The molecule has 0 aliphatic heterocycles. The summed E-state index contributed by atoms with van der Waals surface area (Å²) < 4.78 is 37.1. The van der Waals surface area contributed by atoms with Gasteiger partial charge in [-0.3, -0.25) is 4.98 Å². The van der Waals surface area contributed by atoms with E-state index in [4.69, 9.17) is 0 Å². The maximum Gasteiger partial charge on any atom is 0.416 e. The van der Waals surface area contributed by atoms with Gasteiger partial charge in [0.05, 0.1) is 11.7 Å². The Morgan fingerprint density at radius 2 is 2.00 bits per heavy atom. The van der Waals surface area contributed by atoms with Crippen LogP contribution in [0.15, 0.2) is 18.3 Å². The Morgan fingerprint density at radius 1 is 1.38 bits per heavy atom. The van der Waals surface area contributed by atoms with Crippen molar-refractivity contribution in [1.29, 1.82) is 0 Å². The van der Waals surface area contributed by atoms with E-state index >= 15 is 0 Å². The highest BCUT2D eigenvalue weighted by atomic mass is 19.4. The van der Waals surface area contributed by atoms with E-state index in [-0.39, 0.29) is 18.0 Å². The molecule has 0 spiro atoms. The van der Waals surface area contributed by atoms with Gasteiger partial charge in [0, 0.05) is 18.3 Å². The fourth-order valence-electron chi connectivity index (χ4n) is 1.22. The molecular weight excluding hydrogens is 219 g/mol. The molecule has 0 bridgehead atoms. The summed E-state index contributed by atoms with van der Waals surface area (Å²) in [7, 11) is 0. The second-order valence-electron chi connectivity index (χ2n) is 4.05. The molecule has 2 nitrogen and oxygen atoms in total. The Kier molecular flexibility index (Phi) is 3.91. The van der Waals surface area contributed by atoms with E-state index in [1.165, 1.54) is 0 Å². The molecule has 0 aliphatic rings. The van der Waals surface area contributed by atoms with Crippen molar-refractivity contribution in [3.63, 3.8) is 0 Å². The molecule has 0 amide bonds. The van der Waals surface area contributed by atoms with Crippen LogP contribution in [0.5, 0.6) is 0 Å². The lowest BCUT2D eigenvalue weighted by Gasteiger charge is -2.14. The summed E-state index contributed by atoms with van der Waals surface area (Å²) in [6.45, 7) is 3.61. The Labute approximate surface area is 92.1 Å². The quantitative estimate of drug-likeness (QED) is 0.870. The number of hydrogen-bond acceptors (Lipinski definition) is 2. The summed E-state index contributed by atoms with van der Waals surface area (Å²) in [6.07, 6.45) is -3.77. The van der Waals surface area contributed by atoms with Crippen LogP contribution in [-0.2, 0) is 12.6 Å². The standard InChI is InChI=1S/C11H14F3NO/c1-7(2)10(16)6-9-5-8(3-4-15-9)11(12,13)14/h3-5,7,10,16H,6H2,1-2H3. The van der Waals surface area contributed by atoms with Crippen molar-refractivity contribution in [2.75, 3.05) is 0 Å². The first-order valence-corrected chi connectivity index (χ1v) is 5.01. The molecule has 16 heavy (non-hydrogen) atoms. The third-order valence-corrected chi connectivity index (χ3v) is 2.33. The van der Waals surface area contributed by atoms with Crippen molar-refractivity contribution in [1.82, 2.24) is 4.98 Å². The van der Waals surface area contributed by atoms with E-state index in [1.807, 2.05) is 0 Å². The molecule has 0 aliphatic carbocycles. The van der Waals surface area contributed by atoms with Crippen LogP contribution in [-0.4, -0.2) is 16.2 Å². The van der Waals surface area contributed by atoms with Crippen molar-refractivity contribution >= 4 is 0 Å². The number of aliphatic hydroxyl groups excluding tert-OH is 1. The average molecular weight is 233 g/mol. The minimum atomic E-state index is -4.36. The van der Waals surface area contributed by atoms with E-state index in [0.717, 1.165) is 18.3 Å². The molecule has 0 saturated heterocycles. The van der Waals surface area contributed by atoms with E-state index in [1.54, 1.807) is 13.8 Å². The van der Waals surface area contributed by atoms with Crippen molar-refractivity contribution < 1.29 is 18.3 Å². The predicted molar refractivity (Wildman–Crippen MR) is 53.8 cm³/mol. The summed E-state index contributed by atoms with van der Waals surface area (Å²) in [5.41, 5.74) is -0.468. The van der Waals surface area contributed by atoms with Gasteiger partial charge in [0.1, 0.15) is 0 Å². The monoisotopic (exact) mass is 233 g/mol. The SMILES string of the molecule is CC(C)C(O)Cc1cc(C(F)(F)F)ccn1. The molecule has 1 heterocycles. The van der Waals surface area contributed by atoms with Crippen LogP contribution < -0.4 is 0 Å².